The summed E-state index contributed by atoms with van der Waals surface area (Å²) >= 11 is 7.49. The molecule has 2 atom stereocenters. The summed E-state index contributed by atoms with van der Waals surface area (Å²) in [5.74, 6) is 1.38. The van der Waals surface area contributed by atoms with Crippen LogP contribution in [0.1, 0.15) is 23.7 Å². The van der Waals surface area contributed by atoms with Gasteiger partial charge in [0, 0.05) is 10.9 Å². The molecule has 5 rings (SSSR count). The zero-order chi connectivity index (χ0) is 22.3. The molecule has 0 N–H and O–H groups in total. The van der Waals surface area contributed by atoms with Crippen LogP contribution in [0.2, 0.25) is 5.02 Å². The predicted octanol–water partition coefficient (Wildman–Crippen LogP) is 5.13. The molecule has 1 saturated carbocycles. The molecular weight excluding hydrogens is 466 g/mol. The number of nitrogens with zero attached hydrogens (tertiary/aromatic N) is 3. The van der Waals surface area contributed by atoms with Gasteiger partial charge in [-0.15, -0.1) is 21.5 Å². The van der Waals surface area contributed by atoms with Gasteiger partial charge in [0.25, 0.3) is 0 Å². The largest absolute Gasteiger partial charge is 0.495 e. The fraction of sp³-hybridized carbons (Fsp3) is 0.217. The number of para-hydroxylation sites is 2. The van der Waals surface area contributed by atoms with Crippen molar-refractivity contribution in [3.05, 3.63) is 82.5 Å². The first-order valence-corrected chi connectivity index (χ1v) is 13.0. The summed E-state index contributed by atoms with van der Waals surface area (Å²) in [7, 11) is -1.86. The second-order valence-electron chi connectivity index (χ2n) is 7.66. The number of hydrogen-bond donors (Lipinski definition) is 0. The zero-order valence-corrected chi connectivity index (χ0v) is 19.6. The highest BCUT2D eigenvalue weighted by Crippen LogP contribution is 2.47. The minimum Gasteiger partial charge on any atom is -0.495 e. The number of rotatable bonds is 7. The highest BCUT2D eigenvalue weighted by atomic mass is 35.5. The molecule has 0 bridgehead atoms. The van der Waals surface area contributed by atoms with Crippen LogP contribution in [-0.4, -0.2) is 35.5 Å². The topological polar surface area (TPSA) is 74.1 Å². The highest BCUT2D eigenvalue weighted by molar-refractivity contribution is 7.91. The molecule has 0 radical (unpaired) electrons. The molecule has 2 heterocycles. The summed E-state index contributed by atoms with van der Waals surface area (Å²) in [6.07, 6.45) is 0.602. The van der Waals surface area contributed by atoms with Gasteiger partial charge >= 0.3 is 0 Å². The fourth-order valence-corrected chi connectivity index (χ4v) is 6.70. The van der Waals surface area contributed by atoms with Crippen LogP contribution in [-0.2, 0) is 15.6 Å². The van der Waals surface area contributed by atoms with E-state index in [1.807, 2.05) is 53.9 Å². The number of halogens is 1. The number of hydrogen-bond acceptors (Lipinski definition) is 6. The lowest BCUT2D eigenvalue weighted by Crippen LogP contribution is -2.15. The third kappa shape index (κ3) is 3.94. The second kappa shape index (κ2) is 8.35. The van der Waals surface area contributed by atoms with Crippen molar-refractivity contribution in [2.45, 2.75) is 23.3 Å². The Morgan fingerprint density at radius 3 is 2.59 bits per heavy atom. The third-order valence-corrected chi connectivity index (χ3v) is 8.84. The van der Waals surface area contributed by atoms with Crippen molar-refractivity contribution in [3.63, 3.8) is 0 Å². The maximum Gasteiger partial charge on any atom is 0.178 e. The number of aromatic nitrogens is 3. The van der Waals surface area contributed by atoms with Crippen LogP contribution >= 0.6 is 22.9 Å². The lowest BCUT2D eigenvalue weighted by Gasteiger charge is -2.14. The maximum atomic E-state index is 13.3. The highest BCUT2D eigenvalue weighted by Gasteiger charge is 2.48. The standard InChI is InChI=1S/C23H20ClN3O3S2/c1-30-19-6-3-2-5-18(19)27-22(25-26-23(27)20-7-4-12-31-20)14-32(28,29)21-13-17(21)15-8-10-16(24)11-9-15/h2-12,17,21H,13-14H2,1H3/t17-,21+/m1/s1. The first-order chi connectivity index (χ1) is 15.5. The summed E-state index contributed by atoms with van der Waals surface area (Å²) < 4.78 is 34.0. The minimum absolute atomic E-state index is 0.0170. The smallest absolute Gasteiger partial charge is 0.178 e. The van der Waals surface area contributed by atoms with Crippen LogP contribution in [0.5, 0.6) is 5.75 Å². The van der Waals surface area contributed by atoms with Gasteiger partial charge in [0.1, 0.15) is 11.5 Å². The lowest BCUT2D eigenvalue weighted by molar-refractivity contribution is 0.412. The van der Waals surface area contributed by atoms with E-state index in [0.717, 1.165) is 10.4 Å². The number of benzene rings is 2. The Labute approximate surface area is 195 Å². The van der Waals surface area contributed by atoms with E-state index in [1.54, 1.807) is 23.8 Å². The molecule has 1 aliphatic carbocycles. The predicted molar refractivity (Wildman–Crippen MR) is 126 cm³/mol. The van der Waals surface area contributed by atoms with Crippen molar-refractivity contribution >= 4 is 32.8 Å². The molecule has 0 amide bonds. The number of ether oxygens (including phenoxy) is 1. The van der Waals surface area contributed by atoms with Crippen LogP contribution < -0.4 is 4.74 Å². The average Bonchev–Trinajstić information content (AvgIpc) is 3.24. The van der Waals surface area contributed by atoms with Gasteiger partial charge in [-0.3, -0.25) is 4.57 Å². The molecule has 4 aromatic rings. The molecule has 9 heteroatoms. The summed E-state index contributed by atoms with van der Waals surface area (Å²) in [5.41, 5.74) is 1.70. The van der Waals surface area contributed by atoms with Crippen molar-refractivity contribution in [2.24, 2.45) is 0 Å². The van der Waals surface area contributed by atoms with Crippen LogP contribution in [0.3, 0.4) is 0 Å². The van der Waals surface area contributed by atoms with Gasteiger partial charge < -0.3 is 4.74 Å². The normalized spacial score (nSPS) is 17.9. The zero-order valence-electron chi connectivity index (χ0n) is 17.2. The van der Waals surface area contributed by atoms with Gasteiger partial charge in [0.2, 0.25) is 0 Å². The average molecular weight is 486 g/mol. The van der Waals surface area contributed by atoms with Crippen LogP contribution in [0.4, 0.5) is 0 Å². The third-order valence-electron chi connectivity index (χ3n) is 5.62. The molecule has 0 saturated heterocycles. The van der Waals surface area contributed by atoms with Crippen LogP contribution in [0, 0.1) is 0 Å². The summed E-state index contributed by atoms with van der Waals surface area (Å²) in [6, 6.07) is 18.7. The Kier molecular flexibility index (Phi) is 5.53. The quantitative estimate of drug-likeness (QED) is 0.363. The molecule has 0 aliphatic heterocycles. The molecule has 0 unspecified atom stereocenters. The van der Waals surface area contributed by atoms with E-state index in [2.05, 4.69) is 10.2 Å². The second-order valence-corrected chi connectivity index (χ2v) is 11.3. The van der Waals surface area contributed by atoms with Crippen molar-refractivity contribution in [1.82, 2.24) is 14.8 Å². The van der Waals surface area contributed by atoms with Gasteiger partial charge in [0.15, 0.2) is 21.5 Å². The van der Waals surface area contributed by atoms with Gasteiger partial charge in [-0.1, -0.05) is 41.9 Å². The molecule has 164 valence electrons. The van der Waals surface area contributed by atoms with E-state index in [1.165, 1.54) is 11.3 Å². The monoisotopic (exact) mass is 485 g/mol. The van der Waals surface area contributed by atoms with Crippen molar-refractivity contribution in [3.8, 4) is 22.1 Å². The molecule has 1 fully saturated rings. The SMILES string of the molecule is COc1ccccc1-n1c(CS(=O)(=O)[C@H]2C[C@@H]2c2ccc(Cl)cc2)nnc1-c1cccs1. The van der Waals surface area contributed by atoms with E-state index in [4.69, 9.17) is 16.3 Å². The number of thiophene rings is 1. The van der Waals surface area contributed by atoms with Gasteiger partial charge in [-0.05, 0) is 47.7 Å². The molecule has 2 aromatic carbocycles. The molecule has 6 nitrogen and oxygen atoms in total. The Balaban J connectivity index is 1.51. The van der Waals surface area contributed by atoms with Crippen molar-refractivity contribution in [1.29, 1.82) is 0 Å². The van der Waals surface area contributed by atoms with Crippen LogP contribution in [0.15, 0.2) is 66.0 Å². The van der Waals surface area contributed by atoms with Crippen molar-refractivity contribution in [2.75, 3.05) is 7.11 Å². The molecule has 1 aliphatic rings. The summed E-state index contributed by atoms with van der Waals surface area (Å²) in [4.78, 5) is 0.900. The van der Waals surface area contributed by atoms with Gasteiger partial charge in [-0.2, -0.15) is 0 Å². The molecule has 0 spiro atoms. The molecule has 32 heavy (non-hydrogen) atoms. The van der Waals surface area contributed by atoms with Gasteiger partial charge in [0.05, 0.1) is 22.9 Å². The van der Waals surface area contributed by atoms with E-state index in [-0.39, 0.29) is 11.7 Å². The molecule has 2 aromatic heterocycles. The first kappa shape index (κ1) is 21.2. The first-order valence-electron chi connectivity index (χ1n) is 10.1. The van der Waals surface area contributed by atoms with E-state index in [0.29, 0.717) is 34.5 Å². The summed E-state index contributed by atoms with van der Waals surface area (Å²) in [6.45, 7) is 0. The maximum absolute atomic E-state index is 13.3. The Bertz CT molecular complexity index is 1350. The van der Waals surface area contributed by atoms with E-state index < -0.39 is 15.1 Å². The van der Waals surface area contributed by atoms with Crippen LogP contribution in [0.25, 0.3) is 16.4 Å². The Morgan fingerprint density at radius 2 is 1.88 bits per heavy atom. The van der Waals surface area contributed by atoms with Gasteiger partial charge in [-0.25, -0.2) is 8.42 Å². The number of sulfone groups is 1. The molecular formula is C23H20ClN3O3S2. The Hall–Kier alpha value is -2.68. The summed E-state index contributed by atoms with van der Waals surface area (Å²) in [5, 5.41) is 10.8. The number of methoxy groups -OCH3 is 1. The minimum atomic E-state index is -3.45. The van der Waals surface area contributed by atoms with Crippen molar-refractivity contribution < 1.29 is 13.2 Å². The lowest BCUT2D eigenvalue weighted by atomic mass is 10.1. The fourth-order valence-electron chi connectivity index (χ4n) is 3.96. The van der Waals surface area contributed by atoms with E-state index in [9.17, 15) is 8.42 Å². The van der Waals surface area contributed by atoms with E-state index >= 15 is 0 Å². The Morgan fingerprint density at radius 1 is 1.09 bits per heavy atom.